The number of hydrogen-bond donors (Lipinski definition) is 0. The fraction of sp³-hybridized carbons (Fsp3) is 0.356. The van der Waals surface area contributed by atoms with Gasteiger partial charge in [0.05, 0.1) is 13.1 Å². The third-order valence-corrected chi connectivity index (χ3v) is 12.0. The summed E-state index contributed by atoms with van der Waals surface area (Å²) in [5.41, 5.74) is 1.05. The Balaban J connectivity index is 0.000000222. The molecule has 2 fully saturated rings. The molecule has 4 amide bonds. The number of piperidine rings is 1. The van der Waals surface area contributed by atoms with Crippen molar-refractivity contribution in [1.82, 2.24) is 35.2 Å². The van der Waals surface area contributed by atoms with Crippen molar-refractivity contribution in [3.8, 4) is 22.9 Å². The summed E-state index contributed by atoms with van der Waals surface area (Å²) in [7, 11) is -0.925. The second-order valence-electron chi connectivity index (χ2n) is 15.2. The molecule has 25 heteroatoms. The van der Waals surface area contributed by atoms with Gasteiger partial charge in [0.15, 0.2) is 0 Å². The number of urea groups is 2. The van der Waals surface area contributed by atoms with Crippen LogP contribution in [0.1, 0.15) is 61.7 Å². The van der Waals surface area contributed by atoms with Crippen molar-refractivity contribution in [1.29, 1.82) is 0 Å². The molecule has 6 aromatic rings. The third-order valence-electron chi connectivity index (χ3n) is 10.4. The van der Waals surface area contributed by atoms with Gasteiger partial charge in [-0.1, -0.05) is 67.9 Å². The van der Waals surface area contributed by atoms with Gasteiger partial charge >= 0.3 is 42.4 Å². The lowest BCUT2D eigenvalue weighted by Crippen LogP contribution is -2.48. The number of halogens is 10. The minimum absolute atomic E-state index is 0.110. The summed E-state index contributed by atoms with van der Waals surface area (Å²) < 4.78 is 137. The first-order valence-electron chi connectivity index (χ1n) is 21.5. The Labute approximate surface area is 401 Å². The molecule has 0 radical (unpaired) electrons. The Bertz CT molecular complexity index is 2710. The number of benzene rings is 3. The molecule has 3 aromatic carbocycles. The van der Waals surface area contributed by atoms with Crippen molar-refractivity contribution in [3.63, 3.8) is 0 Å². The lowest BCUT2D eigenvalue weighted by atomic mass is 10.1. The first-order valence-corrected chi connectivity index (χ1v) is 23.4. The average molecular weight is 1030 g/mol. The molecule has 0 bridgehead atoms. The maximum atomic E-state index is 13.3. The van der Waals surface area contributed by atoms with Crippen LogP contribution in [0, 0.1) is 0 Å². The second kappa shape index (κ2) is 22.9. The van der Waals surface area contributed by atoms with Crippen molar-refractivity contribution in [2.75, 3.05) is 47.5 Å². The molecular weight excluding hydrogens is 985 g/mol. The summed E-state index contributed by atoms with van der Waals surface area (Å²) in [6, 6.07) is 22.0. The van der Waals surface area contributed by atoms with Crippen LogP contribution >= 0.6 is 11.6 Å². The van der Waals surface area contributed by atoms with E-state index in [1.807, 2.05) is 19.9 Å². The monoisotopic (exact) mass is 1030 g/mol. The summed E-state index contributed by atoms with van der Waals surface area (Å²) in [4.78, 5) is 36.1. The molecule has 0 aliphatic carbocycles. The molecule has 14 nitrogen and oxygen atoms in total. The van der Waals surface area contributed by atoms with E-state index in [1.54, 1.807) is 45.0 Å². The van der Waals surface area contributed by atoms with Gasteiger partial charge in [-0.3, -0.25) is 14.0 Å². The van der Waals surface area contributed by atoms with E-state index >= 15 is 0 Å². The maximum Gasteiger partial charge on any atom is 0.470 e. The molecular formula is C45H43ClF9N9O5S. The van der Waals surface area contributed by atoms with Crippen LogP contribution in [0.4, 0.5) is 60.6 Å². The second-order valence-corrected chi connectivity index (χ2v) is 17.3. The van der Waals surface area contributed by atoms with Crippen LogP contribution < -0.4 is 9.80 Å². The number of pyridine rings is 1. The number of likely N-dealkylation sites (tertiary alicyclic amines) is 1. The largest absolute Gasteiger partial charge is 0.470 e. The summed E-state index contributed by atoms with van der Waals surface area (Å²) in [6.07, 6.45) is -11.7. The molecule has 0 saturated carbocycles. The van der Waals surface area contributed by atoms with E-state index in [1.165, 1.54) is 48.5 Å². The first-order chi connectivity index (χ1) is 33.2. The number of anilines is 2. The maximum absolute atomic E-state index is 13.3. The van der Waals surface area contributed by atoms with Gasteiger partial charge in [-0.25, -0.2) is 14.6 Å². The predicted molar refractivity (Wildman–Crippen MR) is 240 cm³/mol. The van der Waals surface area contributed by atoms with Gasteiger partial charge in [0.2, 0.25) is 11.8 Å². The Morgan fingerprint density at radius 3 is 1.71 bits per heavy atom. The fourth-order valence-electron chi connectivity index (χ4n) is 6.93. The molecule has 2 aliphatic rings. The van der Waals surface area contributed by atoms with Gasteiger partial charge in [0.25, 0.3) is 0 Å². The Kier molecular flexibility index (Phi) is 17.3. The molecule has 0 spiro atoms. The molecule has 0 atom stereocenters. The zero-order chi connectivity index (χ0) is 50.8. The zero-order valence-electron chi connectivity index (χ0n) is 37.2. The van der Waals surface area contributed by atoms with Gasteiger partial charge in [-0.2, -0.15) is 39.5 Å². The van der Waals surface area contributed by atoms with E-state index in [0.29, 0.717) is 54.5 Å². The van der Waals surface area contributed by atoms with Crippen LogP contribution in [0.2, 0.25) is 5.02 Å². The number of carbonyl (C=O) groups excluding carboxylic acids is 2. The van der Waals surface area contributed by atoms with Crippen LogP contribution in [-0.2, 0) is 42.4 Å². The van der Waals surface area contributed by atoms with Gasteiger partial charge in [0.1, 0.15) is 11.5 Å². The Morgan fingerprint density at radius 1 is 0.629 bits per heavy atom. The topological polar surface area (TPSA) is 155 Å². The van der Waals surface area contributed by atoms with Gasteiger partial charge in [-0.05, 0) is 78.9 Å². The standard InChI is InChI=1S/C22H19F6N5O2.C21H18ClF3N4O3S.C2H6/c23-21(24,25)16-5-4-6-17(29-16)33(20(34)32-11-2-1-3-12-32)13-14-7-9-15(10-8-14)18-30-31-19(35-18)22(26,27)28;22-17-12-14(18-26-27-19(32-18)21(23,24)25)6-7-15(17)13-29(16-4-2-1-3-5-16)20(30)28-8-10-33(31)11-9-28;1-2/h4-10H,1-3,11-13H2;1-7,12H,8-11,13H2;1-2H3. The number of alkyl halides is 9. The van der Waals surface area contributed by atoms with Crippen LogP contribution in [0.15, 0.2) is 99.8 Å². The number of amides is 4. The minimum atomic E-state index is -4.78. The number of carbonyl (C=O) groups is 2. The highest BCUT2D eigenvalue weighted by atomic mass is 35.5. The van der Waals surface area contributed by atoms with Crippen LogP contribution in [-0.4, -0.2) is 89.1 Å². The summed E-state index contributed by atoms with van der Waals surface area (Å²) in [5, 5.41) is 13.1. The van der Waals surface area contributed by atoms with Crippen LogP contribution in [0.3, 0.4) is 0 Å². The molecule has 3 aromatic heterocycles. The molecule has 374 valence electrons. The van der Waals surface area contributed by atoms with Gasteiger partial charge in [0, 0.05) is 70.3 Å². The smallest absolute Gasteiger partial charge is 0.413 e. The Hall–Kier alpha value is -6.56. The van der Waals surface area contributed by atoms with E-state index in [4.69, 9.17) is 16.0 Å². The van der Waals surface area contributed by atoms with Gasteiger partial charge in [-0.15, -0.1) is 20.4 Å². The fourth-order valence-corrected chi connectivity index (χ4v) is 8.23. The van der Waals surface area contributed by atoms with Crippen molar-refractivity contribution in [3.05, 3.63) is 125 Å². The summed E-state index contributed by atoms with van der Waals surface area (Å²) >= 11 is 6.41. The van der Waals surface area contributed by atoms with Crippen LogP contribution in [0.5, 0.6) is 0 Å². The molecule has 0 unspecified atom stereocenters. The molecule has 8 rings (SSSR count). The van der Waals surface area contributed by atoms with Gasteiger partial charge < -0.3 is 18.6 Å². The van der Waals surface area contributed by atoms with E-state index in [0.717, 1.165) is 30.2 Å². The third kappa shape index (κ3) is 13.6. The van der Waals surface area contributed by atoms with E-state index in [-0.39, 0.29) is 52.9 Å². The number of rotatable bonds is 8. The molecule has 0 N–H and O–H groups in total. The van der Waals surface area contributed by atoms with Crippen molar-refractivity contribution in [2.45, 2.75) is 64.7 Å². The van der Waals surface area contributed by atoms with Crippen molar-refractivity contribution in [2.24, 2.45) is 0 Å². The number of hydrogen-bond acceptors (Lipinski definition) is 10. The quantitative estimate of drug-likeness (QED) is 0.135. The highest BCUT2D eigenvalue weighted by Crippen LogP contribution is 2.34. The minimum Gasteiger partial charge on any atom is -0.413 e. The molecule has 70 heavy (non-hydrogen) atoms. The number of para-hydroxylation sites is 1. The normalized spacial score (nSPS) is 14.5. The van der Waals surface area contributed by atoms with E-state index in [2.05, 4.69) is 29.8 Å². The Morgan fingerprint density at radius 2 is 1.17 bits per heavy atom. The van der Waals surface area contributed by atoms with Crippen molar-refractivity contribution >= 4 is 46.0 Å². The van der Waals surface area contributed by atoms with E-state index in [9.17, 15) is 53.3 Å². The first kappa shape index (κ1) is 52.8. The molecule has 2 aliphatic heterocycles. The number of aromatic nitrogens is 5. The lowest BCUT2D eigenvalue weighted by molar-refractivity contribution is -0.157. The predicted octanol–water partition coefficient (Wildman–Crippen LogP) is 11.4. The van der Waals surface area contributed by atoms with Crippen molar-refractivity contribution < 1.29 is 62.1 Å². The van der Waals surface area contributed by atoms with Crippen LogP contribution in [0.25, 0.3) is 22.9 Å². The zero-order valence-corrected chi connectivity index (χ0v) is 38.8. The molecule has 2 saturated heterocycles. The highest BCUT2D eigenvalue weighted by Gasteiger charge is 2.40. The SMILES string of the molecule is CC.O=C(N1CCCCC1)N(Cc1ccc(-c2nnc(C(F)(F)F)o2)cc1)c1cccc(C(F)(F)F)n1.O=C(N1CCS(=O)CC1)N(Cc1ccc(-c2nnc(C(F)(F)F)o2)cc1Cl)c1ccccc1. The van der Waals surface area contributed by atoms with E-state index < -0.39 is 52.8 Å². The summed E-state index contributed by atoms with van der Waals surface area (Å²) in [6.45, 7) is 5.75. The lowest BCUT2D eigenvalue weighted by Gasteiger charge is -2.33. The summed E-state index contributed by atoms with van der Waals surface area (Å²) in [5.74, 6) is -2.89. The highest BCUT2D eigenvalue weighted by molar-refractivity contribution is 7.85. The average Bonchev–Trinajstić information content (AvgIpc) is 4.07. The number of nitrogens with zero attached hydrogens (tertiary/aromatic N) is 9. The molecule has 5 heterocycles.